The van der Waals surface area contributed by atoms with Crippen LogP contribution in [0, 0.1) is 6.92 Å². The van der Waals surface area contributed by atoms with Crippen molar-refractivity contribution in [3.8, 4) is 0 Å². The van der Waals surface area contributed by atoms with Gasteiger partial charge in [-0.15, -0.1) is 0 Å². The first kappa shape index (κ1) is 16.5. The second kappa shape index (κ2) is 7.97. The van der Waals surface area contributed by atoms with Crippen molar-refractivity contribution in [3.63, 3.8) is 0 Å². The lowest BCUT2D eigenvalue weighted by molar-refractivity contribution is -0.121. The monoisotopic (exact) mass is 324 g/mol. The summed E-state index contributed by atoms with van der Waals surface area (Å²) in [5.74, 6) is 0.0461. The number of nitrogens with one attached hydrogen (secondary N) is 1. The number of rotatable bonds is 5. The summed E-state index contributed by atoms with van der Waals surface area (Å²) in [5, 5.41) is 3.01. The first-order valence-electron chi connectivity index (χ1n) is 8.45. The largest absolute Gasteiger partial charge is 0.373 e. The van der Waals surface area contributed by atoms with Crippen molar-refractivity contribution in [1.82, 2.24) is 5.32 Å². The highest BCUT2D eigenvalue weighted by atomic mass is 16.5. The Labute approximate surface area is 143 Å². The number of hydrogen-bond donors (Lipinski definition) is 1. The van der Waals surface area contributed by atoms with Gasteiger partial charge in [0, 0.05) is 25.3 Å². The summed E-state index contributed by atoms with van der Waals surface area (Å²) in [6, 6.07) is 18.3. The first-order valence-corrected chi connectivity index (χ1v) is 8.45. The van der Waals surface area contributed by atoms with E-state index in [0.717, 1.165) is 24.2 Å². The molecule has 0 spiro atoms. The maximum absolute atomic E-state index is 12.2. The van der Waals surface area contributed by atoms with Gasteiger partial charge in [0.15, 0.2) is 0 Å². The highest BCUT2D eigenvalue weighted by Crippen LogP contribution is 2.16. The maximum atomic E-state index is 12.2. The maximum Gasteiger partial charge on any atom is 0.224 e. The molecule has 1 fully saturated rings. The molecule has 1 aliphatic rings. The summed E-state index contributed by atoms with van der Waals surface area (Å²) in [4.78, 5) is 14.5. The Morgan fingerprint density at radius 1 is 1.17 bits per heavy atom. The van der Waals surface area contributed by atoms with Crippen LogP contribution in [0.5, 0.6) is 0 Å². The van der Waals surface area contributed by atoms with Crippen molar-refractivity contribution in [1.29, 1.82) is 0 Å². The van der Waals surface area contributed by atoms with Gasteiger partial charge in [-0.1, -0.05) is 42.5 Å². The van der Waals surface area contributed by atoms with Gasteiger partial charge in [0.05, 0.1) is 19.1 Å². The molecule has 1 unspecified atom stereocenters. The number of ether oxygens (including phenoxy) is 1. The normalized spacial score (nSPS) is 17.5. The van der Waals surface area contributed by atoms with Crippen LogP contribution in [0.25, 0.3) is 0 Å². The molecule has 2 aromatic rings. The van der Waals surface area contributed by atoms with Crippen molar-refractivity contribution < 1.29 is 9.53 Å². The Morgan fingerprint density at radius 3 is 2.71 bits per heavy atom. The SMILES string of the molecule is Cc1ccccc1CC(=O)NCC1CN(c2ccccc2)CCO1. The fourth-order valence-corrected chi connectivity index (χ4v) is 2.99. The molecule has 1 heterocycles. The Morgan fingerprint density at radius 2 is 1.92 bits per heavy atom. The summed E-state index contributed by atoms with van der Waals surface area (Å²) in [5.41, 5.74) is 3.43. The van der Waals surface area contributed by atoms with Crippen LogP contribution in [0.15, 0.2) is 54.6 Å². The molecule has 1 saturated heterocycles. The number of carbonyl (C=O) groups is 1. The Bertz CT molecular complexity index is 672. The second-order valence-electron chi connectivity index (χ2n) is 6.18. The van der Waals surface area contributed by atoms with Gasteiger partial charge in [-0.05, 0) is 30.2 Å². The van der Waals surface area contributed by atoms with Crippen molar-refractivity contribution >= 4 is 11.6 Å². The zero-order valence-corrected chi connectivity index (χ0v) is 14.1. The zero-order valence-electron chi connectivity index (χ0n) is 14.1. The quantitative estimate of drug-likeness (QED) is 0.919. The van der Waals surface area contributed by atoms with E-state index in [9.17, 15) is 4.79 Å². The molecule has 1 amide bonds. The fraction of sp³-hybridized carbons (Fsp3) is 0.350. The third kappa shape index (κ3) is 4.36. The van der Waals surface area contributed by atoms with Crippen LogP contribution in [-0.2, 0) is 16.0 Å². The minimum atomic E-state index is 0.0276. The van der Waals surface area contributed by atoms with Crippen molar-refractivity contribution in [3.05, 3.63) is 65.7 Å². The lowest BCUT2D eigenvalue weighted by atomic mass is 10.1. The highest BCUT2D eigenvalue weighted by molar-refractivity contribution is 5.78. The van der Waals surface area contributed by atoms with Crippen LogP contribution in [-0.4, -0.2) is 38.3 Å². The molecule has 0 saturated carbocycles. The number of aryl methyl sites for hydroxylation is 1. The number of morpholine rings is 1. The van der Waals surface area contributed by atoms with E-state index in [0.29, 0.717) is 19.6 Å². The number of carbonyl (C=O) groups excluding carboxylic acids is 1. The molecule has 1 atom stereocenters. The van der Waals surface area contributed by atoms with E-state index in [4.69, 9.17) is 4.74 Å². The summed E-state index contributed by atoms with van der Waals surface area (Å²) in [6.07, 6.45) is 0.446. The Kier molecular flexibility index (Phi) is 5.49. The van der Waals surface area contributed by atoms with Crippen LogP contribution >= 0.6 is 0 Å². The van der Waals surface area contributed by atoms with Crippen LogP contribution < -0.4 is 10.2 Å². The summed E-state index contributed by atoms with van der Waals surface area (Å²) >= 11 is 0. The van der Waals surface area contributed by atoms with Crippen LogP contribution in [0.4, 0.5) is 5.69 Å². The molecule has 0 bridgehead atoms. The summed E-state index contributed by atoms with van der Waals surface area (Å²) in [7, 11) is 0. The Hall–Kier alpha value is -2.33. The van der Waals surface area contributed by atoms with E-state index < -0.39 is 0 Å². The van der Waals surface area contributed by atoms with Gasteiger partial charge in [-0.25, -0.2) is 0 Å². The zero-order chi connectivity index (χ0) is 16.8. The third-order valence-electron chi connectivity index (χ3n) is 4.40. The van der Waals surface area contributed by atoms with Crippen molar-refractivity contribution in [2.75, 3.05) is 31.1 Å². The second-order valence-corrected chi connectivity index (χ2v) is 6.18. The van der Waals surface area contributed by atoms with Crippen molar-refractivity contribution in [2.45, 2.75) is 19.4 Å². The predicted molar refractivity (Wildman–Crippen MR) is 96.3 cm³/mol. The number of benzene rings is 2. The number of para-hydroxylation sites is 1. The van der Waals surface area contributed by atoms with Gasteiger partial charge in [-0.3, -0.25) is 4.79 Å². The minimum absolute atomic E-state index is 0.0276. The van der Waals surface area contributed by atoms with Gasteiger partial charge in [0.25, 0.3) is 0 Å². The van der Waals surface area contributed by atoms with Gasteiger partial charge < -0.3 is 15.0 Å². The fourth-order valence-electron chi connectivity index (χ4n) is 2.99. The molecule has 0 radical (unpaired) electrons. The van der Waals surface area contributed by atoms with E-state index in [2.05, 4.69) is 22.3 Å². The highest BCUT2D eigenvalue weighted by Gasteiger charge is 2.21. The standard InChI is InChI=1S/C20H24N2O2/c1-16-7-5-6-8-17(16)13-20(23)21-14-19-15-22(11-12-24-19)18-9-3-2-4-10-18/h2-10,19H,11-15H2,1H3,(H,21,23). The number of hydrogen-bond acceptors (Lipinski definition) is 3. The summed E-state index contributed by atoms with van der Waals surface area (Å²) in [6.45, 7) is 4.96. The number of nitrogens with zero attached hydrogens (tertiary/aromatic N) is 1. The van der Waals surface area contributed by atoms with Gasteiger partial charge in [0.1, 0.15) is 0 Å². The molecule has 3 rings (SSSR count). The van der Waals surface area contributed by atoms with Crippen molar-refractivity contribution in [2.24, 2.45) is 0 Å². The molecule has 4 nitrogen and oxygen atoms in total. The molecule has 24 heavy (non-hydrogen) atoms. The topological polar surface area (TPSA) is 41.6 Å². The lowest BCUT2D eigenvalue weighted by Crippen LogP contribution is -2.47. The molecule has 0 aliphatic carbocycles. The van der Waals surface area contributed by atoms with Gasteiger partial charge >= 0.3 is 0 Å². The average molecular weight is 324 g/mol. The van der Waals surface area contributed by atoms with E-state index in [-0.39, 0.29) is 12.0 Å². The molecule has 1 aliphatic heterocycles. The first-order chi connectivity index (χ1) is 11.7. The van der Waals surface area contributed by atoms with Gasteiger partial charge in [0.2, 0.25) is 5.91 Å². The van der Waals surface area contributed by atoms with Gasteiger partial charge in [-0.2, -0.15) is 0 Å². The minimum Gasteiger partial charge on any atom is -0.373 e. The molecule has 0 aromatic heterocycles. The molecule has 1 N–H and O–H groups in total. The molecule has 126 valence electrons. The molecular weight excluding hydrogens is 300 g/mol. The van der Waals surface area contributed by atoms with Crippen LogP contribution in [0.1, 0.15) is 11.1 Å². The lowest BCUT2D eigenvalue weighted by Gasteiger charge is -2.34. The van der Waals surface area contributed by atoms with Crippen LogP contribution in [0.3, 0.4) is 0 Å². The molecule has 2 aromatic carbocycles. The average Bonchev–Trinajstić information content (AvgIpc) is 2.63. The number of anilines is 1. The van der Waals surface area contributed by atoms with Crippen LogP contribution in [0.2, 0.25) is 0 Å². The third-order valence-corrected chi connectivity index (χ3v) is 4.40. The smallest absolute Gasteiger partial charge is 0.224 e. The molecule has 4 heteroatoms. The summed E-state index contributed by atoms with van der Waals surface area (Å²) < 4.78 is 5.80. The predicted octanol–water partition coefficient (Wildman–Crippen LogP) is 2.56. The van der Waals surface area contributed by atoms with E-state index in [1.165, 1.54) is 5.69 Å². The molecular formula is C20H24N2O2. The van der Waals surface area contributed by atoms with E-state index in [1.54, 1.807) is 0 Å². The van der Waals surface area contributed by atoms with E-state index >= 15 is 0 Å². The number of amides is 1. The van der Waals surface area contributed by atoms with E-state index in [1.807, 2.05) is 49.4 Å². The Balaban J connectivity index is 1.49.